The molecule has 0 aliphatic heterocycles. The SMILES string of the molecule is CCOc1ccc(NS(=O)(=O)c2cccc(-c3nc(Cc4ccno4)no3)c2)cc1. The van der Waals surface area contributed by atoms with Gasteiger partial charge in [0.2, 0.25) is 0 Å². The molecule has 2 heterocycles. The zero-order valence-electron chi connectivity index (χ0n) is 16.0. The van der Waals surface area contributed by atoms with Crippen LogP contribution in [0.4, 0.5) is 5.69 Å². The minimum atomic E-state index is -3.81. The number of ether oxygens (including phenoxy) is 1. The molecule has 0 aliphatic carbocycles. The molecule has 0 spiro atoms. The Labute approximate surface area is 172 Å². The maximum absolute atomic E-state index is 12.8. The Morgan fingerprint density at radius 2 is 1.90 bits per heavy atom. The van der Waals surface area contributed by atoms with Crippen molar-refractivity contribution in [3.63, 3.8) is 0 Å². The van der Waals surface area contributed by atoms with Crippen molar-refractivity contribution in [1.29, 1.82) is 0 Å². The molecular formula is C20H18N4O5S. The highest BCUT2D eigenvalue weighted by molar-refractivity contribution is 7.92. The van der Waals surface area contributed by atoms with Crippen LogP contribution in [0.15, 0.2) is 74.7 Å². The molecule has 2 aromatic carbocycles. The van der Waals surface area contributed by atoms with Gasteiger partial charge in [0.1, 0.15) is 11.5 Å². The molecule has 0 saturated heterocycles. The van der Waals surface area contributed by atoms with E-state index in [4.69, 9.17) is 13.8 Å². The number of anilines is 1. The molecule has 10 heteroatoms. The molecule has 0 saturated carbocycles. The van der Waals surface area contributed by atoms with E-state index in [0.717, 1.165) is 0 Å². The zero-order valence-corrected chi connectivity index (χ0v) is 16.8. The summed E-state index contributed by atoms with van der Waals surface area (Å²) in [6.45, 7) is 2.41. The molecular weight excluding hydrogens is 408 g/mol. The summed E-state index contributed by atoms with van der Waals surface area (Å²) in [5, 5.41) is 7.53. The van der Waals surface area contributed by atoms with E-state index >= 15 is 0 Å². The maximum Gasteiger partial charge on any atom is 0.261 e. The van der Waals surface area contributed by atoms with Crippen LogP contribution < -0.4 is 9.46 Å². The number of hydrogen-bond donors (Lipinski definition) is 1. The van der Waals surface area contributed by atoms with E-state index in [9.17, 15) is 8.42 Å². The molecule has 0 radical (unpaired) electrons. The molecule has 0 unspecified atom stereocenters. The van der Waals surface area contributed by atoms with E-state index < -0.39 is 10.0 Å². The van der Waals surface area contributed by atoms with Crippen LogP contribution in [0.3, 0.4) is 0 Å². The van der Waals surface area contributed by atoms with Crippen molar-refractivity contribution in [2.24, 2.45) is 0 Å². The van der Waals surface area contributed by atoms with Gasteiger partial charge in [0.05, 0.1) is 24.1 Å². The molecule has 1 N–H and O–H groups in total. The van der Waals surface area contributed by atoms with Crippen molar-refractivity contribution in [2.75, 3.05) is 11.3 Å². The standard InChI is InChI=1S/C20H18N4O5S/c1-2-27-16-8-6-15(7-9-16)24-30(25,26)18-5-3-4-14(12-18)20-22-19(23-29-20)13-17-10-11-21-28-17/h3-12,24H,2,13H2,1H3. The second kappa shape index (κ2) is 8.37. The van der Waals surface area contributed by atoms with Crippen molar-refractivity contribution < 1.29 is 22.2 Å². The minimum absolute atomic E-state index is 0.0730. The number of sulfonamides is 1. The highest BCUT2D eigenvalue weighted by atomic mass is 32.2. The lowest BCUT2D eigenvalue weighted by Gasteiger charge is -2.09. The summed E-state index contributed by atoms with van der Waals surface area (Å²) < 4.78 is 43.8. The molecule has 4 rings (SSSR count). The first-order valence-corrected chi connectivity index (χ1v) is 10.6. The average Bonchev–Trinajstić information content (AvgIpc) is 3.42. The Morgan fingerprint density at radius 3 is 2.63 bits per heavy atom. The fourth-order valence-corrected chi connectivity index (χ4v) is 3.83. The second-order valence-corrected chi connectivity index (χ2v) is 7.94. The summed E-state index contributed by atoms with van der Waals surface area (Å²) >= 11 is 0. The Hall–Kier alpha value is -3.66. The lowest BCUT2D eigenvalue weighted by atomic mass is 10.2. The minimum Gasteiger partial charge on any atom is -0.494 e. The van der Waals surface area contributed by atoms with E-state index in [0.29, 0.717) is 41.6 Å². The predicted octanol–water partition coefficient (Wildman–Crippen LogP) is 3.51. The highest BCUT2D eigenvalue weighted by Crippen LogP contribution is 2.24. The quantitative estimate of drug-likeness (QED) is 0.454. The van der Waals surface area contributed by atoms with Crippen molar-refractivity contribution in [3.05, 3.63) is 72.4 Å². The molecule has 0 aliphatic rings. The van der Waals surface area contributed by atoms with Crippen molar-refractivity contribution >= 4 is 15.7 Å². The fraction of sp³-hybridized carbons (Fsp3) is 0.150. The van der Waals surface area contributed by atoms with Crippen LogP contribution in [0.5, 0.6) is 5.75 Å². The molecule has 154 valence electrons. The van der Waals surface area contributed by atoms with Gasteiger partial charge in [-0.05, 0) is 49.4 Å². The third-order valence-electron chi connectivity index (χ3n) is 4.10. The Kier molecular flexibility index (Phi) is 5.48. The molecule has 2 aromatic heterocycles. The van der Waals surface area contributed by atoms with Gasteiger partial charge in [-0.1, -0.05) is 16.4 Å². The van der Waals surface area contributed by atoms with Crippen LogP contribution in [-0.4, -0.2) is 30.3 Å². The fourth-order valence-electron chi connectivity index (χ4n) is 2.73. The average molecular weight is 426 g/mol. The van der Waals surface area contributed by atoms with Gasteiger partial charge in [0.25, 0.3) is 15.9 Å². The number of aromatic nitrogens is 3. The predicted molar refractivity (Wildman–Crippen MR) is 107 cm³/mol. The first-order chi connectivity index (χ1) is 14.5. The van der Waals surface area contributed by atoms with E-state index in [1.807, 2.05) is 6.92 Å². The molecule has 0 bridgehead atoms. The van der Waals surface area contributed by atoms with Crippen molar-refractivity contribution in [3.8, 4) is 17.2 Å². The maximum atomic E-state index is 12.8. The van der Waals surface area contributed by atoms with Gasteiger partial charge in [-0.15, -0.1) is 0 Å². The summed E-state index contributed by atoms with van der Waals surface area (Å²) in [5.41, 5.74) is 0.914. The molecule has 0 amide bonds. The van der Waals surface area contributed by atoms with Crippen molar-refractivity contribution in [2.45, 2.75) is 18.2 Å². The Balaban J connectivity index is 1.53. The lowest BCUT2D eigenvalue weighted by Crippen LogP contribution is -2.13. The zero-order chi connectivity index (χ0) is 21.0. The lowest BCUT2D eigenvalue weighted by molar-refractivity contribution is 0.340. The van der Waals surface area contributed by atoms with Gasteiger partial charge in [0, 0.05) is 17.3 Å². The number of nitrogens with one attached hydrogen (secondary N) is 1. The van der Waals surface area contributed by atoms with Crippen LogP contribution >= 0.6 is 0 Å². The van der Waals surface area contributed by atoms with Crippen LogP contribution in [0.25, 0.3) is 11.5 Å². The Bertz CT molecular complexity index is 1220. The first kappa shape index (κ1) is 19.6. The normalized spacial score (nSPS) is 11.4. The van der Waals surface area contributed by atoms with Crippen LogP contribution in [-0.2, 0) is 16.4 Å². The van der Waals surface area contributed by atoms with Gasteiger partial charge in [0.15, 0.2) is 5.82 Å². The van der Waals surface area contributed by atoms with Crippen LogP contribution in [0.2, 0.25) is 0 Å². The summed E-state index contributed by atoms with van der Waals surface area (Å²) in [4.78, 5) is 4.37. The van der Waals surface area contributed by atoms with E-state index in [-0.39, 0.29) is 10.8 Å². The van der Waals surface area contributed by atoms with Crippen LogP contribution in [0, 0.1) is 0 Å². The number of nitrogens with zero attached hydrogens (tertiary/aromatic N) is 3. The van der Waals surface area contributed by atoms with Gasteiger partial charge in [-0.3, -0.25) is 4.72 Å². The van der Waals surface area contributed by atoms with Gasteiger partial charge in [-0.2, -0.15) is 4.98 Å². The summed E-state index contributed by atoms with van der Waals surface area (Å²) in [6, 6.07) is 14.7. The van der Waals surface area contributed by atoms with Crippen LogP contribution in [0.1, 0.15) is 18.5 Å². The van der Waals surface area contributed by atoms with Gasteiger partial charge >= 0.3 is 0 Å². The second-order valence-electron chi connectivity index (χ2n) is 6.26. The molecule has 0 atom stereocenters. The van der Waals surface area contributed by atoms with E-state index in [1.165, 1.54) is 18.3 Å². The third-order valence-corrected chi connectivity index (χ3v) is 5.48. The molecule has 9 nitrogen and oxygen atoms in total. The summed E-state index contributed by atoms with van der Waals surface area (Å²) in [5.74, 6) is 1.88. The largest absolute Gasteiger partial charge is 0.494 e. The van der Waals surface area contributed by atoms with E-state index in [1.54, 1.807) is 42.5 Å². The monoisotopic (exact) mass is 426 g/mol. The van der Waals surface area contributed by atoms with Gasteiger partial charge in [-0.25, -0.2) is 8.42 Å². The van der Waals surface area contributed by atoms with Gasteiger partial charge < -0.3 is 13.8 Å². The first-order valence-electron chi connectivity index (χ1n) is 9.12. The summed E-state index contributed by atoms with van der Waals surface area (Å²) in [6.07, 6.45) is 1.85. The van der Waals surface area contributed by atoms with Crippen molar-refractivity contribution in [1.82, 2.24) is 15.3 Å². The summed E-state index contributed by atoms with van der Waals surface area (Å²) in [7, 11) is -3.81. The van der Waals surface area contributed by atoms with E-state index in [2.05, 4.69) is 20.0 Å². The smallest absolute Gasteiger partial charge is 0.261 e. The number of benzene rings is 2. The Morgan fingerprint density at radius 1 is 1.07 bits per heavy atom. The molecule has 4 aromatic rings. The molecule has 30 heavy (non-hydrogen) atoms. The highest BCUT2D eigenvalue weighted by Gasteiger charge is 2.17. The number of rotatable bonds is 8. The third kappa shape index (κ3) is 4.49. The number of hydrogen-bond acceptors (Lipinski definition) is 8. The molecule has 0 fully saturated rings. The topological polar surface area (TPSA) is 120 Å².